The smallest absolute Gasteiger partial charge is 0.248 e. The van der Waals surface area contributed by atoms with Crippen molar-refractivity contribution in [3.05, 3.63) is 59.5 Å². The SMILES string of the molecule is COc1cc(-c2nnc(CSc3cc(C)c(C#N)c4nc5ccccc5n34)o2)cc(OC)c1OC. The lowest BCUT2D eigenvalue weighted by molar-refractivity contribution is 0.324. The van der Waals surface area contributed by atoms with Crippen LogP contribution < -0.4 is 14.2 Å². The van der Waals surface area contributed by atoms with E-state index in [2.05, 4.69) is 16.3 Å². The summed E-state index contributed by atoms with van der Waals surface area (Å²) in [6, 6.07) is 15.6. The Hall–Kier alpha value is -4.23. The van der Waals surface area contributed by atoms with Crippen molar-refractivity contribution in [2.24, 2.45) is 0 Å². The van der Waals surface area contributed by atoms with E-state index in [1.165, 1.54) is 11.8 Å². The second-order valence-corrected chi connectivity index (χ2v) is 8.61. The zero-order valence-electron chi connectivity index (χ0n) is 19.5. The van der Waals surface area contributed by atoms with Crippen LogP contribution in [0.4, 0.5) is 0 Å². The first kappa shape index (κ1) is 22.6. The van der Waals surface area contributed by atoms with Gasteiger partial charge < -0.3 is 18.6 Å². The summed E-state index contributed by atoms with van der Waals surface area (Å²) in [4.78, 5) is 4.69. The van der Waals surface area contributed by atoms with Gasteiger partial charge in [0.15, 0.2) is 17.1 Å². The first-order chi connectivity index (χ1) is 17.1. The molecule has 9 nitrogen and oxygen atoms in total. The molecule has 0 unspecified atom stereocenters. The highest BCUT2D eigenvalue weighted by Gasteiger charge is 2.19. The lowest BCUT2D eigenvalue weighted by atomic mass is 10.2. The van der Waals surface area contributed by atoms with E-state index in [1.807, 2.05) is 41.7 Å². The highest BCUT2D eigenvalue weighted by atomic mass is 32.2. The Morgan fingerprint density at radius 2 is 1.77 bits per heavy atom. The van der Waals surface area contributed by atoms with E-state index in [0.717, 1.165) is 21.6 Å². The van der Waals surface area contributed by atoms with Crippen molar-refractivity contribution in [2.45, 2.75) is 17.7 Å². The molecule has 176 valence electrons. The number of aryl methyl sites for hydroxylation is 1. The Morgan fingerprint density at radius 3 is 2.46 bits per heavy atom. The number of aromatic nitrogens is 4. The third kappa shape index (κ3) is 3.90. The Morgan fingerprint density at radius 1 is 1.03 bits per heavy atom. The third-order valence-electron chi connectivity index (χ3n) is 5.57. The van der Waals surface area contributed by atoms with Crippen molar-refractivity contribution < 1.29 is 18.6 Å². The molecule has 0 atom stereocenters. The number of hydrogen-bond donors (Lipinski definition) is 0. The number of imidazole rings is 1. The summed E-state index contributed by atoms with van der Waals surface area (Å²) in [5, 5.41) is 19.0. The summed E-state index contributed by atoms with van der Waals surface area (Å²) in [5.74, 6) is 2.72. The van der Waals surface area contributed by atoms with E-state index in [-0.39, 0.29) is 0 Å². The van der Waals surface area contributed by atoms with Gasteiger partial charge in [-0.2, -0.15) is 5.26 Å². The van der Waals surface area contributed by atoms with E-state index in [0.29, 0.717) is 51.6 Å². The molecule has 0 spiro atoms. The lowest BCUT2D eigenvalue weighted by Gasteiger charge is -2.12. The number of rotatable bonds is 7. The molecule has 0 aliphatic carbocycles. The van der Waals surface area contributed by atoms with Crippen LogP contribution in [0.5, 0.6) is 17.2 Å². The maximum absolute atomic E-state index is 9.69. The maximum atomic E-state index is 9.69. The summed E-state index contributed by atoms with van der Waals surface area (Å²) < 4.78 is 24.2. The van der Waals surface area contributed by atoms with Crippen LogP contribution in [-0.4, -0.2) is 40.9 Å². The molecule has 0 amide bonds. The van der Waals surface area contributed by atoms with Gasteiger partial charge in [-0.25, -0.2) is 4.98 Å². The van der Waals surface area contributed by atoms with Crippen molar-refractivity contribution >= 4 is 28.4 Å². The fourth-order valence-corrected chi connectivity index (χ4v) is 4.89. The fraction of sp³-hybridized carbons (Fsp3) is 0.200. The summed E-state index contributed by atoms with van der Waals surface area (Å²) in [6.45, 7) is 1.91. The Balaban J connectivity index is 1.48. The minimum atomic E-state index is 0.342. The van der Waals surface area contributed by atoms with Crippen molar-refractivity contribution in [3.8, 4) is 34.8 Å². The van der Waals surface area contributed by atoms with Crippen LogP contribution in [0.3, 0.4) is 0 Å². The van der Waals surface area contributed by atoms with Crippen LogP contribution in [0.2, 0.25) is 0 Å². The van der Waals surface area contributed by atoms with Crippen LogP contribution >= 0.6 is 11.8 Å². The molecular weight excluding hydrogens is 466 g/mol. The van der Waals surface area contributed by atoms with Gasteiger partial charge in [0.2, 0.25) is 17.5 Å². The molecule has 2 aromatic carbocycles. The molecule has 5 aromatic rings. The lowest BCUT2D eigenvalue weighted by Crippen LogP contribution is -1.97. The standard InChI is InChI=1S/C25H21N5O4S/c1-14-9-22(30-18-8-6-5-7-17(18)27-24(30)16(14)12-26)35-13-21-28-29-25(34-21)15-10-19(31-2)23(33-4)20(11-15)32-3/h5-11H,13H2,1-4H3. The van der Waals surface area contributed by atoms with Crippen LogP contribution in [0.1, 0.15) is 17.0 Å². The van der Waals surface area contributed by atoms with E-state index in [4.69, 9.17) is 23.6 Å². The number of thioether (sulfide) groups is 1. The number of hydrogen-bond acceptors (Lipinski definition) is 9. The third-order valence-corrected chi connectivity index (χ3v) is 6.56. The Labute approximate surface area is 205 Å². The number of para-hydroxylation sites is 2. The molecule has 0 N–H and O–H groups in total. The molecular formula is C25H21N5O4S. The molecule has 0 aliphatic heterocycles. The van der Waals surface area contributed by atoms with E-state index in [9.17, 15) is 5.26 Å². The van der Waals surface area contributed by atoms with Crippen LogP contribution in [0, 0.1) is 18.3 Å². The Kier molecular flexibility index (Phi) is 5.93. The molecule has 3 aromatic heterocycles. The van der Waals surface area contributed by atoms with Crippen LogP contribution in [-0.2, 0) is 5.75 Å². The number of fused-ring (bicyclic) bond motifs is 3. The van der Waals surface area contributed by atoms with Crippen molar-refractivity contribution in [3.63, 3.8) is 0 Å². The van der Waals surface area contributed by atoms with E-state index >= 15 is 0 Å². The van der Waals surface area contributed by atoms with Gasteiger partial charge in [-0.15, -0.1) is 10.2 Å². The van der Waals surface area contributed by atoms with Gasteiger partial charge in [0, 0.05) is 5.56 Å². The molecule has 0 saturated heterocycles. The molecule has 5 rings (SSSR count). The van der Waals surface area contributed by atoms with E-state index < -0.39 is 0 Å². The zero-order chi connectivity index (χ0) is 24.5. The molecule has 35 heavy (non-hydrogen) atoms. The van der Waals surface area contributed by atoms with Gasteiger partial charge in [0.25, 0.3) is 0 Å². The number of benzene rings is 2. The average molecular weight is 488 g/mol. The first-order valence-electron chi connectivity index (χ1n) is 10.6. The predicted octanol–water partition coefficient (Wildman–Crippen LogP) is 5.04. The maximum Gasteiger partial charge on any atom is 0.248 e. The molecule has 0 fully saturated rings. The van der Waals surface area contributed by atoms with Gasteiger partial charge in [0.1, 0.15) is 6.07 Å². The van der Waals surface area contributed by atoms with Gasteiger partial charge in [0.05, 0.1) is 48.7 Å². The highest BCUT2D eigenvalue weighted by molar-refractivity contribution is 7.98. The monoisotopic (exact) mass is 487 g/mol. The Bertz CT molecular complexity index is 1580. The summed E-state index contributed by atoms with van der Waals surface area (Å²) >= 11 is 1.53. The van der Waals surface area contributed by atoms with Crippen molar-refractivity contribution in [2.75, 3.05) is 21.3 Å². The van der Waals surface area contributed by atoms with Gasteiger partial charge >= 0.3 is 0 Å². The minimum absolute atomic E-state index is 0.342. The number of methoxy groups -OCH3 is 3. The fourth-order valence-electron chi connectivity index (χ4n) is 3.93. The highest BCUT2D eigenvalue weighted by Crippen LogP contribution is 2.41. The number of pyridine rings is 1. The minimum Gasteiger partial charge on any atom is -0.493 e. The van der Waals surface area contributed by atoms with Gasteiger partial charge in [-0.05, 0) is 42.8 Å². The second-order valence-electron chi connectivity index (χ2n) is 7.62. The second kappa shape index (κ2) is 9.19. The van der Waals surface area contributed by atoms with Crippen molar-refractivity contribution in [1.82, 2.24) is 19.6 Å². The van der Waals surface area contributed by atoms with Crippen LogP contribution in [0.25, 0.3) is 28.1 Å². The first-order valence-corrected chi connectivity index (χ1v) is 11.6. The molecule has 0 radical (unpaired) electrons. The predicted molar refractivity (Wildman–Crippen MR) is 131 cm³/mol. The molecule has 0 bridgehead atoms. The summed E-state index contributed by atoms with van der Waals surface area (Å²) in [5.41, 5.74) is 4.49. The molecule has 10 heteroatoms. The largest absolute Gasteiger partial charge is 0.493 e. The van der Waals surface area contributed by atoms with Crippen molar-refractivity contribution in [1.29, 1.82) is 5.26 Å². The van der Waals surface area contributed by atoms with E-state index in [1.54, 1.807) is 33.5 Å². The van der Waals surface area contributed by atoms with Gasteiger partial charge in [-0.3, -0.25) is 4.40 Å². The molecule has 3 heterocycles. The topological polar surface area (TPSA) is 108 Å². The normalized spacial score (nSPS) is 11.1. The molecule has 0 aliphatic rings. The zero-order valence-corrected chi connectivity index (χ0v) is 20.3. The number of ether oxygens (including phenoxy) is 3. The number of nitrogens with zero attached hydrogens (tertiary/aromatic N) is 5. The van der Waals surface area contributed by atoms with Gasteiger partial charge in [-0.1, -0.05) is 23.9 Å². The quantitative estimate of drug-likeness (QED) is 0.292. The number of nitriles is 1. The average Bonchev–Trinajstić information content (AvgIpc) is 3.51. The molecule has 0 saturated carbocycles. The summed E-state index contributed by atoms with van der Waals surface area (Å²) in [7, 11) is 4.65. The summed E-state index contributed by atoms with van der Waals surface area (Å²) in [6.07, 6.45) is 0. The van der Waals surface area contributed by atoms with Crippen LogP contribution in [0.15, 0.2) is 51.9 Å².